The minimum Gasteiger partial charge on any atom is -0.449 e. The summed E-state index contributed by atoms with van der Waals surface area (Å²) in [6.45, 7) is 0.385. The van der Waals surface area contributed by atoms with E-state index in [4.69, 9.17) is 16.3 Å². The van der Waals surface area contributed by atoms with E-state index < -0.39 is 6.09 Å². The molecule has 0 atom stereocenters. The highest BCUT2D eigenvalue weighted by molar-refractivity contribution is 6.30. The maximum atomic E-state index is 10.9. The van der Waals surface area contributed by atoms with Gasteiger partial charge in [0.05, 0.1) is 6.61 Å². The summed E-state index contributed by atoms with van der Waals surface area (Å²) in [6.07, 6.45) is 1.20. The zero-order valence-electron chi connectivity index (χ0n) is 11.9. The van der Waals surface area contributed by atoms with Crippen LogP contribution in [0, 0.1) is 0 Å². The molecule has 0 saturated carbocycles. The molecule has 0 unspecified atom stereocenters. The van der Waals surface area contributed by atoms with Crippen molar-refractivity contribution < 1.29 is 9.53 Å². The highest BCUT2D eigenvalue weighted by atomic mass is 35.5. The van der Waals surface area contributed by atoms with Crippen LogP contribution in [0.5, 0.6) is 0 Å². The fourth-order valence-electron chi connectivity index (χ4n) is 2.00. The summed E-state index contributed by atoms with van der Waals surface area (Å²) >= 11 is 5.88. The normalized spacial score (nSPS) is 10.2. The Hall–Kier alpha value is -2.00. The largest absolute Gasteiger partial charge is 0.449 e. The number of benzene rings is 2. The van der Waals surface area contributed by atoms with E-state index in [1.54, 1.807) is 7.05 Å². The van der Waals surface area contributed by atoms with Crippen LogP contribution in [0.15, 0.2) is 48.5 Å². The Morgan fingerprint density at radius 2 is 1.52 bits per heavy atom. The number of halogens is 1. The van der Waals surface area contributed by atoms with Crippen molar-refractivity contribution in [3.63, 3.8) is 0 Å². The number of hydrogen-bond donors (Lipinski definition) is 1. The topological polar surface area (TPSA) is 38.3 Å². The Bertz CT molecular complexity index is 579. The zero-order valence-corrected chi connectivity index (χ0v) is 12.7. The predicted molar refractivity (Wildman–Crippen MR) is 84.8 cm³/mol. The molecule has 0 aliphatic heterocycles. The number of rotatable bonds is 5. The second-order valence-corrected chi connectivity index (χ2v) is 5.19. The van der Waals surface area contributed by atoms with Crippen molar-refractivity contribution in [3.05, 3.63) is 70.2 Å². The van der Waals surface area contributed by atoms with Crippen LogP contribution in [0.25, 0.3) is 0 Å². The summed E-state index contributed by atoms with van der Waals surface area (Å²) in [6, 6.07) is 16.2. The molecule has 0 heterocycles. The molecule has 1 N–H and O–H groups in total. The molecule has 2 aromatic rings. The third-order valence-corrected chi connectivity index (χ3v) is 3.42. The highest BCUT2D eigenvalue weighted by Crippen LogP contribution is 2.14. The zero-order chi connectivity index (χ0) is 15.1. The van der Waals surface area contributed by atoms with Crippen LogP contribution in [-0.2, 0) is 17.6 Å². The molecular weight excluding hydrogens is 286 g/mol. The lowest BCUT2D eigenvalue weighted by Crippen LogP contribution is -2.20. The van der Waals surface area contributed by atoms with Crippen LogP contribution in [0.4, 0.5) is 4.79 Å². The van der Waals surface area contributed by atoms with Gasteiger partial charge in [-0.1, -0.05) is 48.0 Å². The smallest absolute Gasteiger partial charge is 0.406 e. The van der Waals surface area contributed by atoms with Crippen molar-refractivity contribution in [2.45, 2.75) is 12.8 Å². The standard InChI is InChI=1S/C17H18ClNO2/c1-19-17(20)21-11-10-13-2-4-14(5-3-13)12-15-6-8-16(18)9-7-15/h2-9H,10-12H2,1H3,(H,19,20). The first-order valence-electron chi connectivity index (χ1n) is 6.84. The van der Waals surface area contributed by atoms with E-state index in [1.807, 2.05) is 24.3 Å². The number of ether oxygens (including phenoxy) is 1. The van der Waals surface area contributed by atoms with Gasteiger partial charge in [0.25, 0.3) is 0 Å². The maximum absolute atomic E-state index is 10.9. The van der Waals surface area contributed by atoms with E-state index >= 15 is 0 Å². The Kier molecular flexibility index (Phi) is 5.64. The summed E-state index contributed by atoms with van der Waals surface area (Å²) in [4.78, 5) is 10.9. The van der Waals surface area contributed by atoms with Crippen LogP contribution < -0.4 is 5.32 Å². The fourth-order valence-corrected chi connectivity index (χ4v) is 2.12. The quantitative estimate of drug-likeness (QED) is 0.911. The predicted octanol–water partition coefficient (Wildman–Crippen LogP) is 3.83. The van der Waals surface area contributed by atoms with Crippen LogP contribution in [0.3, 0.4) is 0 Å². The van der Waals surface area contributed by atoms with Gasteiger partial charge in [0, 0.05) is 18.5 Å². The van der Waals surface area contributed by atoms with Gasteiger partial charge in [0.15, 0.2) is 0 Å². The number of amides is 1. The Balaban J connectivity index is 1.86. The molecule has 0 aliphatic carbocycles. The van der Waals surface area contributed by atoms with E-state index in [0.717, 1.165) is 17.0 Å². The summed E-state index contributed by atoms with van der Waals surface area (Å²) in [5, 5.41) is 3.18. The van der Waals surface area contributed by atoms with Gasteiger partial charge in [0.1, 0.15) is 0 Å². The van der Waals surface area contributed by atoms with Crippen LogP contribution >= 0.6 is 11.6 Å². The van der Waals surface area contributed by atoms with Gasteiger partial charge in [-0.3, -0.25) is 0 Å². The van der Waals surface area contributed by atoms with Gasteiger partial charge in [-0.25, -0.2) is 4.79 Å². The van der Waals surface area contributed by atoms with Gasteiger partial charge in [-0.2, -0.15) is 0 Å². The van der Waals surface area contributed by atoms with Crippen molar-refractivity contribution in [2.24, 2.45) is 0 Å². The van der Waals surface area contributed by atoms with E-state index in [0.29, 0.717) is 13.0 Å². The Morgan fingerprint density at radius 3 is 2.10 bits per heavy atom. The average molecular weight is 304 g/mol. The minimum absolute atomic E-state index is 0.385. The lowest BCUT2D eigenvalue weighted by Gasteiger charge is -2.06. The number of carbonyl (C=O) groups is 1. The van der Waals surface area contributed by atoms with Crippen molar-refractivity contribution in [3.8, 4) is 0 Å². The van der Waals surface area contributed by atoms with Crippen LogP contribution in [0.2, 0.25) is 5.02 Å². The van der Waals surface area contributed by atoms with Crippen molar-refractivity contribution in [1.29, 1.82) is 0 Å². The van der Waals surface area contributed by atoms with Crippen molar-refractivity contribution in [1.82, 2.24) is 5.32 Å². The summed E-state index contributed by atoms with van der Waals surface area (Å²) in [5.74, 6) is 0. The molecule has 0 radical (unpaired) electrons. The maximum Gasteiger partial charge on any atom is 0.406 e. The molecule has 0 fully saturated rings. The highest BCUT2D eigenvalue weighted by Gasteiger charge is 2.00. The van der Waals surface area contributed by atoms with E-state index in [9.17, 15) is 4.79 Å². The van der Waals surface area contributed by atoms with Gasteiger partial charge in [-0.15, -0.1) is 0 Å². The monoisotopic (exact) mass is 303 g/mol. The van der Waals surface area contributed by atoms with Crippen LogP contribution in [-0.4, -0.2) is 19.7 Å². The van der Waals surface area contributed by atoms with Crippen molar-refractivity contribution in [2.75, 3.05) is 13.7 Å². The molecule has 0 saturated heterocycles. The number of nitrogens with one attached hydrogen (secondary N) is 1. The second kappa shape index (κ2) is 7.70. The van der Waals surface area contributed by atoms with Crippen molar-refractivity contribution >= 4 is 17.7 Å². The lowest BCUT2D eigenvalue weighted by molar-refractivity contribution is 0.150. The molecular formula is C17H18ClNO2. The second-order valence-electron chi connectivity index (χ2n) is 4.76. The van der Waals surface area contributed by atoms with Gasteiger partial charge in [-0.05, 0) is 35.2 Å². The molecule has 0 aliphatic rings. The number of alkyl carbamates (subject to hydrolysis) is 1. The summed E-state index contributed by atoms with van der Waals surface area (Å²) in [5.41, 5.74) is 3.63. The van der Waals surface area contributed by atoms with E-state index in [1.165, 1.54) is 11.1 Å². The van der Waals surface area contributed by atoms with E-state index in [2.05, 4.69) is 29.6 Å². The Morgan fingerprint density at radius 1 is 1.00 bits per heavy atom. The molecule has 3 nitrogen and oxygen atoms in total. The average Bonchev–Trinajstić information content (AvgIpc) is 2.51. The molecule has 0 bridgehead atoms. The van der Waals surface area contributed by atoms with Gasteiger partial charge >= 0.3 is 6.09 Å². The molecule has 0 aromatic heterocycles. The summed E-state index contributed by atoms with van der Waals surface area (Å²) < 4.78 is 4.97. The van der Waals surface area contributed by atoms with Gasteiger partial charge in [0.2, 0.25) is 0 Å². The SMILES string of the molecule is CNC(=O)OCCc1ccc(Cc2ccc(Cl)cc2)cc1. The third kappa shape index (κ3) is 5.12. The Labute approximate surface area is 129 Å². The fraction of sp³-hybridized carbons (Fsp3) is 0.235. The van der Waals surface area contributed by atoms with Crippen LogP contribution in [0.1, 0.15) is 16.7 Å². The molecule has 1 amide bonds. The molecule has 110 valence electrons. The summed E-state index contributed by atoms with van der Waals surface area (Å²) in [7, 11) is 1.55. The first-order valence-corrected chi connectivity index (χ1v) is 7.22. The lowest BCUT2D eigenvalue weighted by atomic mass is 10.0. The molecule has 2 rings (SSSR count). The molecule has 2 aromatic carbocycles. The third-order valence-electron chi connectivity index (χ3n) is 3.17. The number of carbonyl (C=O) groups excluding carboxylic acids is 1. The molecule has 21 heavy (non-hydrogen) atoms. The van der Waals surface area contributed by atoms with Gasteiger partial charge < -0.3 is 10.1 Å². The first-order chi connectivity index (χ1) is 10.2. The minimum atomic E-state index is -0.394. The first kappa shape index (κ1) is 15.4. The van der Waals surface area contributed by atoms with E-state index in [-0.39, 0.29) is 0 Å². The molecule has 4 heteroatoms. The number of hydrogen-bond acceptors (Lipinski definition) is 2. The molecule has 0 spiro atoms.